The summed E-state index contributed by atoms with van der Waals surface area (Å²) in [4.78, 5) is 40.2. The van der Waals surface area contributed by atoms with Gasteiger partial charge in [0.15, 0.2) is 0 Å². The second kappa shape index (κ2) is 5.02. The highest BCUT2D eigenvalue weighted by Crippen LogP contribution is 2.56. The fourth-order valence-electron chi connectivity index (χ4n) is 4.23. The molecular weight excluding hydrogens is 311 g/mol. The van der Waals surface area contributed by atoms with Crippen molar-refractivity contribution in [2.75, 3.05) is 5.73 Å². The van der Waals surface area contributed by atoms with Gasteiger partial charge in [-0.2, -0.15) is 0 Å². The third-order valence-electron chi connectivity index (χ3n) is 6.89. The van der Waals surface area contributed by atoms with E-state index in [-0.39, 0.29) is 17.8 Å². The van der Waals surface area contributed by atoms with Gasteiger partial charge in [0.2, 0.25) is 11.8 Å². The van der Waals surface area contributed by atoms with Crippen molar-refractivity contribution in [3.63, 3.8) is 0 Å². The molecule has 2 unspecified atom stereocenters. The Bertz CT molecular complexity index is 829. The van der Waals surface area contributed by atoms with Crippen LogP contribution in [0.3, 0.4) is 0 Å². The highest BCUT2D eigenvalue weighted by Gasteiger charge is 2.65. The zero-order chi connectivity index (χ0) is 18.9. The molecule has 25 heavy (non-hydrogen) atoms. The molecule has 0 saturated carbocycles. The summed E-state index contributed by atoms with van der Waals surface area (Å²) in [5.74, 6) is -1.36. The molecule has 2 aliphatic rings. The van der Waals surface area contributed by atoms with Crippen LogP contribution in [-0.4, -0.2) is 75.1 Å². The van der Waals surface area contributed by atoms with E-state index in [4.69, 9.17) is 5.73 Å². The molecule has 12 heteroatoms. The molecule has 0 radical (unpaired) electrons. The number of piperidine rings is 1. The average molecular weight is 330 g/mol. The standard InChI is InChI=1S/C13H19B6N3O3/c14-7-6-4(2-1-3-5(6)20)8(23)22(7)12(17)10(25)21-9(24)11(15,16)13(12,18)19/h1-3,7H,14-20H2,(H,21,24,25). The minimum Gasteiger partial charge on any atom is -0.398 e. The van der Waals surface area contributed by atoms with Crippen LogP contribution < -0.4 is 11.1 Å². The second-order valence-electron chi connectivity index (χ2n) is 8.27. The number of carbonyl (C=O) groups excluding carboxylic acids is 3. The number of imide groups is 1. The maximum absolute atomic E-state index is 13.2. The molecule has 0 bridgehead atoms. The van der Waals surface area contributed by atoms with Crippen LogP contribution in [-0.2, 0) is 9.59 Å². The van der Waals surface area contributed by atoms with Crippen molar-refractivity contribution in [3.05, 3.63) is 29.3 Å². The third-order valence-corrected chi connectivity index (χ3v) is 6.89. The van der Waals surface area contributed by atoms with E-state index in [1.54, 1.807) is 46.6 Å². The van der Waals surface area contributed by atoms with Gasteiger partial charge in [-0.25, -0.2) is 0 Å². The first kappa shape index (κ1) is 17.8. The van der Waals surface area contributed by atoms with Gasteiger partial charge in [-0.3, -0.25) is 19.7 Å². The molecule has 1 saturated heterocycles. The van der Waals surface area contributed by atoms with Crippen molar-refractivity contribution in [2.24, 2.45) is 0 Å². The Labute approximate surface area is 152 Å². The van der Waals surface area contributed by atoms with Crippen LogP contribution >= 0.6 is 0 Å². The molecule has 0 aliphatic carbocycles. The molecule has 3 amide bonds. The summed E-state index contributed by atoms with van der Waals surface area (Å²) in [6.45, 7) is 0. The molecule has 1 aromatic carbocycles. The zero-order valence-corrected chi connectivity index (χ0v) is 15.6. The SMILES string of the molecule is BC1c2c(N)cccc2C(=O)N1C1(B)C(=O)NC(=O)C(B)(B)C1(B)B. The topological polar surface area (TPSA) is 92.5 Å². The van der Waals surface area contributed by atoms with Crippen molar-refractivity contribution in [1.82, 2.24) is 10.2 Å². The van der Waals surface area contributed by atoms with Crippen molar-refractivity contribution in [3.8, 4) is 0 Å². The first-order chi connectivity index (χ1) is 11.4. The summed E-state index contributed by atoms with van der Waals surface area (Å²) >= 11 is 0. The van der Waals surface area contributed by atoms with Gasteiger partial charge in [0, 0.05) is 22.8 Å². The van der Waals surface area contributed by atoms with Gasteiger partial charge in [0.05, 0.1) is 5.44 Å². The Morgan fingerprint density at radius 1 is 1.04 bits per heavy atom. The monoisotopic (exact) mass is 331 g/mol. The minimum atomic E-state index is -1.20. The number of nitrogens with zero attached hydrogens (tertiary/aromatic N) is 1. The fourth-order valence-corrected chi connectivity index (χ4v) is 4.23. The molecule has 1 fully saturated rings. The number of nitrogen functional groups attached to an aromatic ring is 1. The normalized spacial score (nSPS) is 30.0. The van der Waals surface area contributed by atoms with Crippen LogP contribution in [0.1, 0.15) is 21.9 Å². The number of rotatable bonds is 1. The van der Waals surface area contributed by atoms with Gasteiger partial charge in [-0.15, -0.1) is 0 Å². The predicted molar refractivity (Wildman–Crippen MR) is 112 cm³/mol. The number of nitrogens with one attached hydrogen (secondary N) is 1. The summed E-state index contributed by atoms with van der Waals surface area (Å²) < 4.78 is 0. The van der Waals surface area contributed by atoms with Crippen molar-refractivity contribution in [1.29, 1.82) is 0 Å². The van der Waals surface area contributed by atoms with Gasteiger partial charge >= 0.3 is 0 Å². The molecule has 6 nitrogen and oxygen atoms in total. The predicted octanol–water partition coefficient (Wildman–Crippen LogP) is -5.89. The minimum absolute atomic E-state index is 0.231. The van der Waals surface area contributed by atoms with Gasteiger partial charge in [-0.1, -0.05) is 11.3 Å². The number of amides is 3. The fraction of sp³-hybridized carbons (Fsp3) is 0.308. The molecule has 1 aromatic rings. The highest BCUT2D eigenvalue weighted by molar-refractivity contribution is 6.66. The molecule has 3 N–H and O–H groups in total. The lowest BCUT2D eigenvalue weighted by Crippen LogP contribution is -2.75. The van der Waals surface area contributed by atoms with E-state index in [2.05, 4.69) is 5.32 Å². The van der Waals surface area contributed by atoms with E-state index >= 15 is 0 Å². The van der Waals surface area contributed by atoms with Crippen molar-refractivity contribution < 1.29 is 14.4 Å². The van der Waals surface area contributed by atoms with Gasteiger partial charge in [0.1, 0.15) is 47.1 Å². The molecule has 2 atom stereocenters. The number of benzene rings is 1. The van der Waals surface area contributed by atoms with Gasteiger partial charge in [0.25, 0.3) is 5.91 Å². The number of hydrogen-bond acceptors (Lipinski definition) is 4. The summed E-state index contributed by atoms with van der Waals surface area (Å²) in [5, 5.41) is 0.843. The van der Waals surface area contributed by atoms with Crippen LogP contribution in [0.25, 0.3) is 0 Å². The summed E-state index contributed by atoms with van der Waals surface area (Å²) in [6, 6.07) is 5.23. The van der Waals surface area contributed by atoms with Crippen LogP contribution in [0.15, 0.2) is 18.2 Å². The van der Waals surface area contributed by atoms with Gasteiger partial charge in [-0.05, 0) is 17.3 Å². The molecule has 2 aliphatic heterocycles. The Morgan fingerprint density at radius 3 is 2.20 bits per heavy atom. The largest absolute Gasteiger partial charge is 0.398 e. The molecule has 0 aromatic heterocycles. The van der Waals surface area contributed by atoms with E-state index in [1.807, 2.05) is 23.5 Å². The average Bonchev–Trinajstić information content (AvgIpc) is 2.77. The second-order valence-corrected chi connectivity index (χ2v) is 8.27. The number of carbonyl (C=O) groups is 3. The van der Waals surface area contributed by atoms with Crippen molar-refractivity contribution in [2.45, 2.75) is 21.8 Å². The van der Waals surface area contributed by atoms with E-state index in [0.29, 0.717) is 11.3 Å². The number of nitrogens with two attached hydrogens (primary N) is 1. The Hall–Kier alpha value is -1.98. The molecule has 3 rings (SSSR count). The van der Waals surface area contributed by atoms with Crippen LogP contribution in [0.2, 0.25) is 10.4 Å². The van der Waals surface area contributed by atoms with E-state index in [0.717, 1.165) is 5.56 Å². The van der Waals surface area contributed by atoms with E-state index in [9.17, 15) is 14.4 Å². The number of fused-ring (bicyclic) bond motifs is 1. The zero-order valence-electron chi connectivity index (χ0n) is 15.6. The smallest absolute Gasteiger partial charge is 0.254 e. The molecule has 0 spiro atoms. The lowest BCUT2D eigenvalue weighted by Gasteiger charge is -2.60. The maximum atomic E-state index is 13.2. The van der Waals surface area contributed by atoms with Gasteiger partial charge < -0.3 is 10.6 Å². The first-order valence-corrected chi connectivity index (χ1v) is 8.47. The Balaban J connectivity index is 2.22. The van der Waals surface area contributed by atoms with Crippen LogP contribution in [0.5, 0.6) is 0 Å². The first-order valence-electron chi connectivity index (χ1n) is 8.47. The maximum Gasteiger partial charge on any atom is 0.254 e. The Morgan fingerprint density at radius 2 is 1.64 bits per heavy atom. The molecular formula is C13H19B6N3O3. The van der Waals surface area contributed by atoms with Crippen LogP contribution in [0.4, 0.5) is 5.69 Å². The highest BCUT2D eigenvalue weighted by atomic mass is 16.2. The third kappa shape index (κ3) is 1.91. The van der Waals surface area contributed by atoms with Crippen LogP contribution in [0, 0.1) is 0 Å². The molecule has 122 valence electrons. The lowest BCUT2D eigenvalue weighted by atomic mass is 9.21. The van der Waals surface area contributed by atoms with E-state index in [1.165, 1.54) is 0 Å². The van der Waals surface area contributed by atoms with Crippen molar-refractivity contribution >= 4 is 70.5 Å². The summed E-state index contributed by atoms with van der Waals surface area (Å²) in [6.07, 6.45) is 0. The summed E-state index contributed by atoms with van der Waals surface area (Å²) in [7, 11) is 11.0. The van der Waals surface area contributed by atoms with E-state index < -0.39 is 21.8 Å². The lowest BCUT2D eigenvalue weighted by molar-refractivity contribution is -0.140. The summed E-state index contributed by atoms with van der Waals surface area (Å²) in [5.41, 5.74) is 6.70. The quantitative estimate of drug-likeness (QED) is 0.305. The Kier molecular flexibility index (Phi) is 3.58. The molecule has 2 heterocycles. The number of hydrogen-bond donors (Lipinski definition) is 2. The number of anilines is 1.